The zero-order valence-corrected chi connectivity index (χ0v) is 16.3. The lowest BCUT2D eigenvalue weighted by atomic mass is 9.72. The molecule has 1 aromatic rings. The highest BCUT2D eigenvalue weighted by Gasteiger charge is 2.42. The zero-order chi connectivity index (χ0) is 19.7. The number of hydrogen-bond donors (Lipinski definition) is 1. The monoisotopic (exact) mass is 404 g/mol. The molecule has 1 aliphatic carbocycles. The molecular formula is C19H27F3N2O2S. The number of hydrogen-bond acceptors (Lipinski definition) is 3. The molecule has 1 saturated heterocycles. The molecule has 1 atom stereocenters. The molecule has 0 amide bonds. The first-order valence-corrected chi connectivity index (χ1v) is 11.4. The maximum Gasteiger partial charge on any atom is 0.408 e. The molecular weight excluding hydrogens is 377 g/mol. The highest BCUT2D eigenvalue weighted by atomic mass is 32.2. The van der Waals surface area contributed by atoms with E-state index >= 15 is 0 Å². The Kier molecular flexibility index (Phi) is 6.17. The van der Waals surface area contributed by atoms with Crippen LogP contribution in [0.15, 0.2) is 24.3 Å². The van der Waals surface area contributed by atoms with Crippen LogP contribution < -0.4 is 4.72 Å². The summed E-state index contributed by atoms with van der Waals surface area (Å²) in [6.45, 7) is 2.78. The summed E-state index contributed by atoms with van der Waals surface area (Å²) in [4.78, 5) is 2.35. The Balaban J connectivity index is 1.59. The van der Waals surface area contributed by atoms with Crippen LogP contribution in [0, 0.1) is 11.8 Å². The molecule has 2 aliphatic rings. The second-order valence-electron chi connectivity index (χ2n) is 7.91. The summed E-state index contributed by atoms with van der Waals surface area (Å²) in [6.07, 6.45) is 2.56. The molecule has 0 spiro atoms. The molecule has 3 rings (SSSR count). The van der Waals surface area contributed by atoms with Gasteiger partial charge >= 0.3 is 6.18 Å². The Morgan fingerprint density at radius 3 is 2.07 bits per heavy atom. The maximum atomic E-state index is 13.2. The summed E-state index contributed by atoms with van der Waals surface area (Å²) in [5.41, 5.74) is 0.849. The summed E-state index contributed by atoms with van der Waals surface area (Å²) in [6, 6.07) is 3.84. The van der Waals surface area contributed by atoms with E-state index in [4.69, 9.17) is 0 Å². The van der Waals surface area contributed by atoms with Crippen molar-refractivity contribution in [3.8, 4) is 0 Å². The van der Waals surface area contributed by atoms with Gasteiger partial charge in [0.25, 0.3) is 0 Å². The molecule has 0 aromatic heterocycles. The predicted octanol–water partition coefficient (Wildman–Crippen LogP) is 3.85. The van der Waals surface area contributed by atoms with Crippen molar-refractivity contribution in [2.75, 3.05) is 19.3 Å². The Bertz CT molecular complexity index is 722. The lowest BCUT2D eigenvalue weighted by Gasteiger charge is -2.39. The van der Waals surface area contributed by atoms with E-state index in [2.05, 4.69) is 4.90 Å². The zero-order valence-electron chi connectivity index (χ0n) is 15.5. The molecule has 152 valence electrons. The van der Waals surface area contributed by atoms with E-state index in [1.807, 2.05) is 0 Å². The van der Waals surface area contributed by atoms with Crippen LogP contribution in [0.1, 0.15) is 49.3 Å². The fourth-order valence-electron chi connectivity index (χ4n) is 4.11. The van der Waals surface area contributed by atoms with Crippen molar-refractivity contribution in [1.82, 2.24) is 9.62 Å². The standard InChI is InChI=1S/C19H27F3N2O2S/c1-27(25,26)23-18(19(20,21)22)17-7-5-14(6-8-17)13-24-11-9-16(10-12-24)15-3-2-4-15/h5-8,15-16,18,23H,2-4,9-13H2,1H3. The van der Waals surface area contributed by atoms with E-state index in [1.54, 1.807) is 16.9 Å². The van der Waals surface area contributed by atoms with Crippen LogP contribution >= 0.6 is 0 Å². The van der Waals surface area contributed by atoms with E-state index < -0.39 is 22.2 Å². The molecule has 0 bridgehead atoms. The number of piperidine rings is 1. The van der Waals surface area contributed by atoms with Crippen molar-refractivity contribution in [2.24, 2.45) is 11.8 Å². The van der Waals surface area contributed by atoms with Crippen LogP contribution in [0.4, 0.5) is 13.2 Å². The highest BCUT2D eigenvalue weighted by molar-refractivity contribution is 7.88. The minimum atomic E-state index is -4.69. The number of alkyl halides is 3. The van der Waals surface area contributed by atoms with Gasteiger partial charge in [-0.25, -0.2) is 8.42 Å². The Hall–Kier alpha value is -1.12. The topological polar surface area (TPSA) is 49.4 Å². The quantitative estimate of drug-likeness (QED) is 0.784. The second-order valence-corrected chi connectivity index (χ2v) is 9.69. The van der Waals surface area contributed by atoms with Crippen LogP contribution in [0.3, 0.4) is 0 Å². The number of likely N-dealkylation sites (tertiary alicyclic amines) is 1. The first-order valence-electron chi connectivity index (χ1n) is 9.47. The molecule has 1 aliphatic heterocycles. The van der Waals surface area contributed by atoms with Gasteiger partial charge in [0.05, 0.1) is 6.26 Å². The van der Waals surface area contributed by atoms with Gasteiger partial charge in [-0.15, -0.1) is 0 Å². The third-order valence-electron chi connectivity index (χ3n) is 5.83. The van der Waals surface area contributed by atoms with Gasteiger partial charge in [0.15, 0.2) is 0 Å². The fraction of sp³-hybridized carbons (Fsp3) is 0.684. The number of benzene rings is 1. The van der Waals surface area contributed by atoms with Gasteiger partial charge in [0.1, 0.15) is 6.04 Å². The fourth-order valence-corrected chi connectivity index (χ4v) is 4.80. The molecule has 0 radical (unpaired) electrons. The molecule has 2 fully saturated rings. The van der Waals surface area contributed by atoms with Gasteiger partial charge in [0, 0.05) is 6.54 Å². The van der Waals surface area contributed by atoms with Crippen molar-refractivity contribution >= 4 is 10.0 Å². The van der Waals surface area contributed by atoms with Crippen LogP contribution in [-0.2, 0) is 16.6 Å². The molecule has 1 aromatic carbocycles. The summed E-state index contributed by atoms with van der Waals surface area (Å²) < 4.78 is 63.9. The van der Waals surface area contributed by atoms with Crippen LogP contribution in [0.2, 0.25) is 0 Å². The third kappa shape index (κ3) is 5.68. The van der Waals surface area contributed by atoms with Crippen molar-refractivity contribution in [1.29, 1.82) is 0 Å². The van der Waals surface area contributed by atoms with Crippen molar-refractivity contribution in [2.45, 2.75) is 50.9 Å². The minimum absolute atomic E-state index is 0.0969. The Morgan fingerprint density at radius 2 is 1.63 bits per heavy atom. The Morgan fingerprint density at radius 1 is 1.07 bits per heavy atom. The molecule has 1 unspecified atom stereocenters. The molecule has 1 heterocycles. The third-order valence-corrected chi connectivity index (χ3v) is 6.49. The van der Waals surface area contributed by atoms with Crippen LogP contribution in [0.25, 0.3) is 0 Å². The van der Waals surface area contributed by atoms with Crippen LogP contribution in [-0.4, -0.2) is 38.8 Å². The van der Waals surface area contributed by atoms with Gasteiger partial charge in [-0.2, -0.15) is 17.9 Å². The number of nitrogens with one attached hydrogen (secondary N) is 1. The second kappa shape index (κ2) is 8.09. The van der Waals surface area contributed by atoms with E-state index in [9.17, 15) is 21.6 Å². The molecule has 1 saturated carbocycles. The first kappa shape index (κ1) is 20.6. The van der Waals surface area contributed by atoms with Crippen molar-refractivity contribution < 1.29 is 21.6 Å². The normalized spacial score (nSPS) is 21.8. The maximum absolute atomic E-state index is 13.2. The number of sulfonamides is 1. The molecule has 1 N–H and O–H groups in total. The Labute approximate surface area is 159 Å². The van der Waals surface area contributed by atoms with Gasteiger partial charge < -0.3 is 0 Å². The van der Waals surface area contributed by atoms with Crippen LogP contribution in [0.5, 0.6) is 0 Å². The lowest BCUT2D eigenvalue weighted by molar-refractivity contribution is -0.153. The summed E-state index contributed by atoms with van der Waals surface area (Å²) in [7, 11) is -3.98. The minimum Gasteiger partial charge on any atom is -0.299 e. The summed E-state index contributed by atoms with van der Waals surface area (Å²) in [5, 5.41) is 0. The number of rotatable bonds is 6. The smallest absolute Gasteiger partial charge is 0.299 e. The first-order chi connectivity index (χ1) is 12.6. The lowest BCUT2D eigenvalue weighted by Crippen LogP contribution is -2.38. The SMILES string of the molecule is CS(=O)(=O)NC(c1ccc(CN2CCC(C3CCC3)CC2)cc1)C(F)(F)F. The van der Waals surface area contributed by atoms with E-state index in [0.717, 1.165) is 36.7 Å². The average molecular weight is 404 g/mol. The van der Waals surface area contributed by atoms with Gasteiger partial charge in [-0.05, 0) is 48.9 Å². The van der Waals surface area contributed by atoms with Gasteiger partial charge in [0.2, 0.25) is 10.0 Å². The van der Waals surface area contributed by atoms with Crippen molar-refractivity contribution in [3.05, 3.63) is 35.4 Å². The van der Waals surface area contributed by atoms with E-state index in [0.29, 0.717) is 6.54 Å². The summed E-state index contributed by atoms with van der Waals surface area (Å²) in [5.74, 6) is 1.75. The van der Waals surface area contributed by atoms with E-state index in [1.165, 1.54) is 44.2 Å². The molecule has 27 heavy (non-hydrogen) atoms. The molecule has 4 nitrogen and oxygen atoms in total. The molecule has 8 heteroatoms. The number of nitrogens with zero attached hydrogens (tertiary/aromatic N) is 1. The van der Waals surface area contributed by atoms with Gasteiger partial charge in [-0.1, -0.05) is 43.5 Å². The highest BCUT2D eigenvalue weighted by Crippen LogP contribution is 2.39. The predicted molar refractivity (Wildman–Crippen MR) is 98.6 cm³/mol. The largest absolute Gasteiger partial charge is 0.408 e. The van der Waals surface area contributed by atoms with Gasteiger partial charge in [-0.3, -0.25) is 4.90 Å². The van der Waals surface area contributed by atoms with E-state index in [-0.39, 0.29) is 5.56 Å². The number of halogens is 3. The summed E-state index contributed by atoms with van der Waals surface area (Å²) >= 11 is 0. The average Bonchev–Trinajstić information content (AvgIpc) is 2.52. The van der Waals surface area contributed by atoms with Crippen molar-refractivity contribution in [3.63, 3.8) is 0 Å².